The number of fused-ring (bicyclic) bond motifs is 1. The van der Waals surface area contributed by atoms with E-state index in [-0.39, 0.29) is 11.9 Å². The molecule has 1 aliphatic heterocycles. The number of thioether (sulfide) groups is 1. The number of carbonyl (C=O) groups excluding carboxylic acids is 1. The number of benzene rings is 3. The van der Waals surface area contributed by atoms with Crippen LogP contribution in [0.5, 0.6) is 0 Å². The lowest BCUT2D eigenvalue weighted by molar-refractivity contribution is -0.116. The summed E-state index contributed by atoms with van der Waals surface area (Å²) in [5, 5.41) is 12.3. The predicted molar refractivity (Wildman–Crippen MR) is 133 cm³/mol. The van der Waals surface area contributed by atoms with E-state index in [2.05, 4.69) is 33.9 Å². The summed E-state index contributed by atoms with van der Waals surface area (Å²) in [4.78, 5) is 13.6. The molecule has 2 heterocycles. The van der Waals surface area contributed by atoms with Gasteiger partial charge in [0.1, 0.15) is 5.25 Å². The van der Waals surface area contributed by atoms with Gasteiger partial charge < -0.3 is 10.7 Å². The first kappa shape index (κ1) is 21.3. The molecule has 1 amide bonds. The molecule has 2 N–H and O–H groups in total. The van der Waals surface area contributed by atoms with E-state index in [9.17, 15) is 4.79 Å². The summed E-state index contributed by atoms with van der Waals surface area (Å²) < 4.78 is 1.90. The van der Waals surface area contributed by atoms with E-state index in [1.807, 2.05) is 84.4 Å². The zero-order valence-electron chi connectivity index (χ0n) is 18.5. The molecule has 33 heavy (non-hydrogen) atoms. The van der Waals surface area contributed by atoms with E-state index in [0.29, 0.717) is 5.16 Å². The van der Waals surface area contributed by atoms with Gasteiger partial charge in [-0.25, -0.2) is 4.68 Å². The van der Waals surface area contributed by atoms with Crippen LogP contribution < -0.4 is 10.7 Å². The minimum absolute atomic E-state index is 0.0548. The van der Waals surface area contributed by atoms with Crippen molar-refractivity contribution in [3.8, 4) is 11.4 Å². The fourth-order valence-corrected chi connectivity index (χ4v) is 5.22. The molecule has 0 spiro atoms. The fourth-order valence-electron chi connectivity index (χ4n) is 4.14. The Hall–Kier alpha value is -3.58. The number of carbonyl (C=O) groups is 1. The first-order chi connectivity index (χ1) is 16.2. The van der Waals surface area contributed by atoms with Crippen LogP contribution in [0.2, 0.25) is 0 Å². The number of rotatable bonds is 5. The van der Waals surface area contributed by atoms with Crippen LogP contribution in [-0.4, -0.2) is 26.0 Å². The zero-order valence-corrected chi connectivity index (χ0v) is 19.3. The number of nitrogens with one attached hydrogen (secondary N) is 2. The van der Waals surface area contributed by atoms with E-state index in [0.717, 1.165) is 40.2 Å². The number of aromatic nitrogens is 3. The van der Waals surface area contributed by atoms with Crippen molar-refractivity contribution in [3.63, 3.8) is 0 Å². The highest BCUT2D eigenvalue weighted by Crippen LogP contribution is 2.39. The number of para-hydroxylation sites is 1. The van der Waals surface area contributed by atoms with E-state index >= 15 is 0 Å². The molecule has 3 aromatic carbocycles. The molecule has 7 heteroatoms. The zero-order chi connectivity index (χ0) is 22.8. The van der Waals surface area contributed by atoms with Gasteiger partial charge in [0, 0.05) is 11.3 Å². The highest BCUT2D eigenvalue weighted by atomic mass is 32.2. The molecule has 0 radical (unpaired) electrons. The Bertz CT molecular complexity index is 1270. The lowest BCUT2D eigenvalue weighted by atomic mass is 10.0. The highest BCUT2D eigenvalue weighted by Gasteiger charge is 2.38. The third kappa shape index (κ3) is 4.12. The van der Waals surface area contributed by atoms with Gasteiger partial charge in [-0.05, 0) is 30.0 Å². The van der Waals surface area contributed by atoms with Crippen LogP contribution in [0.3, 0.4) is 0 Å². The Morgan fingerprint density at radius 2 is 1.73 bits per heavy atom. The Morgan fingerprint density at radius 1 is 1.00 bits per heavy atom. The number of hydrogen-bond donors (Lipinski definition) is 2. The Morgan fingerprint density at radius 3 is 2.45 bits per heavy atom. The average Bonchev–Trinajstić information content (AvgIpc) is 3.28. The van der Waals surface area contributed by atoms with Crippen molar-refractivity contribution in [3.05, 3.63) is 95.6 Å². The molecular formula is C26H25N5OS. The monoisotopic (exact) mass is 455 g/mol. The molecule has 0 aliphatic carbocycles. The van der Waals surface area contributed by atoms with Crippen molar-refractivity contribution in [2.45, 2.75) is 36.7 Å². The number of anilines is 1. The Labute approximate surface area is 197 Å². The first-order valence-corrected chi connectivity index (χ1v) is 11.9. The molecule has 6 nitrogen and oxygen atoms in total. The van der Waals surface area contributed by atoms with Crippen LogP contribution in [-0.2, 0) is 11.2 Å². The molecule has 1 aromatic heterocycles. The fraction of sp³-hybridized carbons (Fsp3) is 0.192. The van der Waals surface area contributed by atoms with Crippen LogP contribution in [0, 0.1) is 6.92 Å². The van der Waals surface area contributed by atoms with Crippen molar-refractivity contribution >= 4 is 23.4 Å². The lowest BCUT2D eigenvalue weighted by Crippen LogP contribution is -2.41. The minimum Gasteiger partial charge on any atom is -0.325 e. The standard InChI is InChI=1S/C26H25N5OS/c1-3-18-16-10-11-17(2)21(18)27-25(32)23-22(19-12-6-4-7-13-19)30-31-24(28-29-26(31)33-23)20-14-8-5-9-15-20/h4-16,22-23,30H,3H2,1-2H3,(H,27,32)/t22-,23-/m0/s1. The van der Waals surface area contributed by atoms with E-state index in [1.165, 1.54) is 11.8 Å². The summed E-state index contributed by atoms with van der Waals surface area (Å²) in [7, 11) is 0. The van der Waals surface area contributed by atoms with Gasteiger partial charge in [-0.2, -0.15) is 0 Å². The summed E-state index contributed by atoms with van der Waals surface area (Å²) in [6, 6.07) is 25.9. The maximum Gasteiger partial charge on any atom is 0.240 e. The maximum atomic E-state index is 13.6. The van der Waals surface area contributed by atoms with Gasteiger partial charge in [0.05, 0.1) is 6.04 Å². The summed E-state index contributed by atoms with van der Waals surface area (Å²) >= 11 is 1.44. The van der Waals surface area contributed by atoms with Crippen molar-refractivity contribution in [1.82, 2.24) is 14.9 Å². The summed E-state index contributed by atoms with van der Waals surface area (Å²) in [6.07, 6.45) is 0.851. The second-order valence-electron chi connectivity index (χ2n) is 8.02. The predicted octanol–water partition coefficient (Wildman–Crippen LogP) is 5.21. The van der Waals surface area contributed by atoms with Crippen molar-refractivity contribution in [2.24, 2.45) is 0 Å². The highest BCUT2D eigenvalue weighted by molar-refractivity contribution is 8.00. The second-order valence-corrected chi connectivity index (χ2v) is 9.12. The number of amides is 1. The molecule has 5 rings (SSSR count). The molecule has 0 saturated heterocycles. The van der Waals surface area contributed by atoms with Gasteiger partial charge in [-0.15, -0.1) is 10.2 Å². The van der Waals surface area contributed by atoms with E-state index in [4.69, 9.17) is 0 Å². The van der Waals surface area contributed by atoms with Gasteiger partial charge in [0.2, 0.25) is 11.1 Å². The number of aryl methyl sites for hydroxylation is 2. The smallest absolute Gasteiger partial charge is 0.240 e. The number of hydrogen-bond acceptors (Lipinski definition) is 5. The summed E-state index contributed by atoms with van der Waals surface area (Å²) in [5.74, 6) is 0.672. The van der Waals surface area contributed by atoms with Crippen LogP contribution in [0.1, 0.15) is 29.7 Å². The summed E-state index contributed by atoms with van der Waals surface area (Å²) in [5.41, 5.74) is 8.61. The Kier molecular flexibility index (Phi) is 5.88. The van der Waals surface area contributed by atoms with Crippen LogP contribution in [0.15, 0.2) is 84.0 Å². The van der Waals surface area contributed by atoms with E-state index in [1.54, 1.807) is 0 Å². The normalized spacial score (nSPS) is 17.2. The Balaban J connectivity index is 1.52. The maximum absolute atomic E-state index is 13.6. The van der Waals surface area contributed by atoms with Crippen molar-refractivity contribution in [2.75, 3.05) is 10.7 Å². The van der Waals surface area contributed by atoms with Gasteiger partial charge in [-0.1, -0.05) is 97.5 Å². The molecule has 1 aliphatic rings. The number of nitrogens with zero attached hydrogens (tertiary/aromatic N) is 3. The van der Waals surface area contributed by atoms with E-state index < -0.39 is 5.25 Å². The third-order valence-corrected chi connectivity index (χ3v) is 7.09. The molecular weight excluding hydrogens is 430 g/mol. The quantitative estimate of drug-likeness (QED) is 0.432. The van der Waals surface area contributed by atoms with Gasteiger partial charge >= 0.3 is 0 Å². The van der Waals surface area contributed by atoms with Crippen LogP contribution in [0.4, 0.5) is 5.69 Å². The largest absolute Gasteiger partial charge is 0.325 e. The third-order valence-electron chi connectivity index (χ3n) is 5.87. The van der Waals surface area contributed by atoms with Crippen LogP contribution in [0.25, 0.3) is 11.4 Å². The summed E-state index contributed by atoms with van der Waals surface area (Å²) in [6.45, 7) is 4.13. The van der Waals surface area contributed by atoms with Gasteiger partial charge in [0.15, 0.2) is 5.82 Å². The molecule has 2 atom stereocenters. The van der Waals surface area contributed by atoms with Crippen molar-refractivity contribution < 1.29 is 4.79 Å². The first-order valence-electron chi connectivity index (χ1n) is 11.0. The van der Waals surface area contributed by atoms with Gasteiger partial charge in [0.25, 0.3) is 0 Å². The topological polar surface area (TPSA) is 71.8 Å². The second kappa shape index (κ2) is 9.11. The average molecular weight is 456 g/mol. The SMILES string of the molecule is CCc1cccc(C)c1NC(=O)[C@H]1Sc2nnc(-c3ccccc3)n2N[C@H]1c1ccccc1. The molecule has 4 aromatic rings. The van der Waals surface area contributed by atoms with Crippen molar-refractivity contribution in [1.29, 1.82) is 0 Å². The van der Waals surface area contributed by atoms with Crippen LogP contribution >= 0.6 is 11.8 Å². The molecule has 0 bridgehead atoms. The molecule has 0 fully saturated rings. The van der Waals surface area contributed by atoms with Gasteiger partial charge in [-0.3, -0.25) is 4.79 Å². The molecule has 0 saturated carbocycles. The molecule has 0 unspecified atom stereocenters. The molecule has 166 valence electrons. The minimum atomic E-state index is -0.419. The lowest BCUT2D eigenvalue weighted by Gasteiger charge is -2.33.